The van der Waals surface area contributed by atoms with Crippen molar-refractivity contribution in [3.05, 3.63) is 58.7 Å². The third-order valence-corrected chi connectivity index (χ3v) is 5.60. The van der Waals surface area contributed by atoms with Gasteiger partial charge >= 0.3 is 0 Å². The fraction of sp³-hybridized carbons (Fsp3) is 0.385. The molecule has 0 aromatic heterocycles. The second-order valence-electron chi connectivity index (χ2n) is 7.88. The highest BCUT2D eigenvalue weighted by atomic mass is 16.1. The number of Topliss-reactive ketones (excluding diaryl/α,β-unsaturated/α-hetero) is 2. The fourth-order valence-corrected chi connectivity index (χ4v) is 4.00. The van der Waals surface area contributed by atoms with Crippen molar-refractivity contribution in [3.63, 3.8) is 0 Å². The van der Waals surface area contributed by atoms with Gasteiger partial charge in [0.05, 0.1) is 0 Å². The van der Waals surface area contributed by atoms with Crippen molar-refractivity contribution in [1.29, 1.82) is 0 Å². The van der Waals surface area contributed by atoms with Crippen molar-refractivity contribution < 1.29 is 9.59 Å². The van der Waals surface area contributed by atoms with E-state index >= 15 is 0 Å². The van der Waals surface area contributed by atoms with Gasteiger partial charge in [0.25, 0.3) is 0 Å². The molecule has 0 fully saturated rings. The summed E-state index contributed by atoms with van der Waals surface area (Å²) in [4.78, 5) is 24.4. The molecule has 0 aliphatic rings. The Labute approximate surface area is 167 Å². The van der Waals surface area contributed by atoms with Crippen LogP contribution < -0.4 is 0 Å². The minimum absolute atomic E-state index is 0.128. The SMILES string of the molecule is CCCCc1cc2cc3cc(C(C)=O)c(CCCC)cc3cc2cc1C(C)=O. The molecule has 0 heterocycles. The number of fused-ring (bicyclic) bond motifs is 2. The summed E-state index contributed by atoms with van der Waals surface area (Å²) in [6, 6.07) is 12.8. The number of unbranched alkanes of at least 4 members (excludes halogenated alkanes) is 2. The summed E-state index contributed by atoms with van der Waals surface area (Å²) in [5.41, 5.74) is 3.94. The zero-order valence-electron chi connectivity index (χ0n) is 17.5. The first-order valence-corrected chi connectivity index (χ1v) is 10.5. The molecule has 0 atom stereocenters. The summed E-state index contributed by atoms with van der Waals surface area (Å²) in [6.07, 6.45) is 6.22. The minimum atomic E-state index is 0.128. The molecule has 0 amide bonds. The zero-order valence-corrected chi connectivity index (χ0v) is 17.5. The summed E-state index contributed by atoms with van der Waals surface area (Å²) in [6.45, 7) is 7.64. The molecule has 28 heavy (non-hydrogen) atoms. The van der Waals surface area contributed by atoms with Crippen LogP contribution in [0, 0.1) is 0 Å². The molecule has 0 bridgehead atoms. The van der Waals surface area contributed by atoms with Crippen molar-refractivity contribution in [1.82, 2.24) is 0 Å². The van der Waals surface area contributed by atoms with E-state index < -0.39 is 0 Å². The Balaban J connectivity index is 2.21. The summed E-state index contributed by atoms with van der Waals surface area (Å²) < 4.78 is 0. The van der Waals surface area contributed by atoms with E-state index in [1.54, 1.807) is 13.8 Å². The number of carbonyl (C=O) groups is 2. The average molecular weight is 375 g/mol. The fourth-order valence-electron chi connectivity index (χ4n) is 4.00. The number of hydrogen-bond acceptors (Lipinski definition) is 2. The largest absolute Gasteiger partial charge is 0.295 e. The molecule has 146 valence electrons. The second kappa shape index (κ2) is 8.68. The maximum absolute atomic E-state index is 12.2. The first-order chi connectivity index (χ1) is 13.4. The molecule has 0 spiro atoms. The molecule has 3 aromatic rings. The first kappa shape index (κ1) is 20.3. The number of carbonyl (C=O) groups excluding carboxylic acids is 2. The lowest BCUT2D eigenvalue weighted by Crippen LogP contribution is -2.01. The third-order valence-electron chi connectivity index (χ3n) is 5.60. The molecule has 0 aliphatic heterocycles. The summed E-state index contributed by atoms with van der Waals surface area (Å²) in [5.74, 6) is 0.257. The highest BCUT2D eigenvalue weighted by Gasteiger charge is 2.13. The first-order valence-electron chi connectivity index (χ1n) is 10.5. The molecular formula is C26H30O2. The van der Waals surface area contributed by atoms with Crippen LogP contribution in [0.5, 0.6) is 0 Å². The van der Waals surface area contributed by atoms with E-state index in [9.17, 15) is 9.59 Å². The van der Waals surface area contributed by atoms with Crippen molar-refractivity contribution in [2.45, 2.75) is 66.2 Å². The van der Waals surface area contributed by atoms with Crippen molar-refractivity contribution in [2.24, 2.45) is 0 Å². The van der Waals surface area contributed by atoms with E-state index in [4.69, 9.17) is 0 Å². The summed E-state index contributed by atoms with van der Waals surface area (Å²) in [5, 5.41) is 4.46. The van der Waals surface area contributed by atoms with Crippen LogP contribution in [0.2, 0.25) is 0 Å². The predicted molar refractivity (Wildman–Crippen MR) is 119 cm³/mol. The Hall–Kier alpha value is -2.48. The van der Waals surface area contributed by atoms with Crippen molar-refractivity contribution in [2.75, 3.05) is 0 Å². The lowest BCUT2D eigenvalue weighted by atomic mass is 9.91. The van der Waals surface area contributed by atoms with Crippen LogP contribution in [-0.2, 0) is 12.8 Å². The van der Waals surface area contributed by atoms with E-state index in [-0.39, 0.29) is 11.6 Å². The van der Waals surface area contributed by atoms with Gasteiger partial charge in [-0.1, -0.05) is 38.8 Å². The standard InChI is InChI=1S/C26H30O2/c1-5-7-9-19-11-21-13-24-16-26(18(4)28)20(10-8-6-2)12-22(24)14-23(21)15-25(19)17(3)27/h11-16H,5-10H2,1-4H3. The number of hydrogen-bond donors (Lipinski definition) is 0. The number of rotatable bonds is 8. The average Bonchev–Trinajstić information content (AvgIpc) is 2.67. The van der Waals surface area contributed by atoms with E-state index in [1.807, 2.05) is 12.1 Å². The zero-order chi connectivity index (χ0) is 20.3. The lowest BCUT2D eigenvalue weighted by molar-refractivity contribution is 0.100. The maximum Gasteiger partial charge on any atom is 0.160 e. The third kappa shape index (κ3) is 4.16. The van der Waals surface area contributed by atoms with Crippen molar-refractivity contribution >= 4 is 33.1 Å². The van der Waals surface area contributed by atoms with Gasteiger partial charge in [-0.3, -0.25) is 9.59 Å². The Kier molecular flexibility index (Phi) is 6.28. The maximum atomic E-state index is 12.2. The van der Waals surface area contributed by atoms with Gasteiger partial charge in [0.1, 0.15) is 0 Å². The molecule has 0 saturated heterocycles. The van der Waals surface area contributed by atoms with Gasteiger partial charge in [-0.2, -0.15) is 0 Å². The molecule has 0 N–H and O–H groups in total. The van der Waals surface area contributed by atoms with Gasteiger partial charge in [0.2, 0.25) is 0 Å². The van der Waals surface area contributed by atoms with Gasteiger partial charge < -0.3 is 0 Å². The summed E-state index contributed by atoms with van der Waals surface area (Å²) in [7, 11) is 0. The van der Waals surface area contributed by atoms with Crippen LogP contribution in [0.3, 0.4) is 0 Å². The molecule has 0 radical (unpaired) electrons. The molecule has 0 unspecified atom stereocenters. The van der Waals surface area contributed by atoms with Gasteiger partial charge in [-0.25, -0.2) is 0 Å². The van der Waals surface area contributed by atoms with Crippen LogP contribution in [0.1, 0.15) is 85.2 Å². The quantitative estimate of drug-likeness (QED) is 0.312. The van der Waals surface area contributed by atoms with E-state index in [2.05, 4.69) is 38.1 Å². The molecule has 2 nitrogen and oxygen atoms in total. The number of benzene rings is 3. The molecular weight excluding hydrogens is 344 g/mol. The van der Waals surface area contributed by atoms with Gasteiger partial charge in [0, 0.05) is 11.1 Å². The van der Waals surface area contributed by atoms with Crippen LogP contribution in [-0.4, -0.2) is 11.6 Å². The molecule has 0 saturated carbocycles. The minimum Gasteiger partial charge on any atom is -0.295 e. The van der Waals surface area contributed by atoms with Gasteiger partial charge in [0.15, 0.2) is 11.6 Å². The monoisotopic (exact) mass is 374 g/mol. The van der Waals surface area contributed by atoms with E-state index in [0.29, 0.717) is 0 Å². The molecule has 3 rings (SSSR count). The number of ketones is 2. The lowest BCUT2D eigenvalue weighted by Gasteiger charge is -2.13. The Morgan fingerprint density at radius 1 is 0.607 bits per heavy atom. The molecule has 0 aliphatic carbocycles. The normalized spacial score (nSPS) is 11.3. The van der Waals surface area contributed by atoms with Crippen LogP contribution in [0.25, 0.3) is 21.5 Å². The number of aryl methyl sites for hydroxylation is 2. The highest BCUT2D eigenvalue weighted by Crippen LogP contribution is 2.30. The topological polar surface area (TPSA) is 34.1 Å². The van der Waals surface area contributed by atoms with E-state index in [0.717, 1.165) is 82.3 Å². The summed E-state index contributed by atoms with van der Waals surface area (Å²) >= 11 is 0. The Morgan fingerprint density at radius 2 is 0.964 bits per heavy atom. The Bertz CT molecular complexity index is 958. The van der Waals surface area contributed by atoms with Crippen molar-refractivity contribution in [3.8, 4) is 0 Å². The second-order valence-corrected chi connectivity index (χ2v) is 7.88. The highest BCUT2D eigenvalue weighted by molar-refractivity contribution is 6.06. The van der Waals surface area contributed by atoms with E-state index in [1.165, 1.54) is 0 Å². The van der Waals surface area contributed by atoms with Crippen LogP contribution >= 0.6 is 0 Å². The van der Waals surface area contributed by atoms with Gasteiger partial charge in [-0.05, 0) is 96.5 Å². The smallest absolute Gasteiger partial charge is 0.160 e. The molecule has 3 aromatic carbocycles. The molecule has 2 heteroatoms. The Morgan fingerprint density at radius 3 is 1.29 bits per heavy atom. The van der Waals surface area contributed by atoms with Crippen LogP contribution in [0.15, 0.2) is 36.4 Å². The van der Waals surface area contributed by atoms with Crippen LogP contribution in [0.4, 0.5) is 0 Å². The van der Waals surface area contributed by atoms with Gasteiger partial charge in [-0.15, -0.1) is 0 Å². The predicted octanol–water partition coefficient (Wildman–Crippen LogP) is 7.08.